The summed E-state index contributed by atoms with van der Waals surface area (Å²) in [5.41, 5.74) is 0.130. The van der Waals surface area contributed by atoms with Crippen LogP contribution in [0.3, 0.4) is 0 Å². The number of nitrogens with zero attached hydrogens (tertiary/aromatic N) is 3. The summed E-state index contributed by atoms with van der Waals surface area (Å²) in [7, 11) is 1.76. The first kappa shape index (κ1) is 21.2. The van der Waals surface area contributed by atoms with Crippen molar-refractivity contribution in [3.63, 3.8) is 0 Å². The Morgan fingerprint density at radius 2 is 2.03 bits per heavy atom. The molecule has 1 saturated carbocycles. The van der Waals surface area contributed by atoms with Gasteiger partial charge in [0.15, 0.2) is 0 Å². The number of piperazine rings is 1. The largest absolute Gasteiger partial charge is 0.494 e. The van der Waals surface area contributed by atoms with Crippen molar-refractivity contribution in [2.45, 2.75) is 17.9 Å². The Morgan fingerprint density at radius 1 is 1.34 bits per heavy atom. The number of rotatable bonds is 5. The summed E-state index contributed by atoms with van der Waals surface area (Å²) in [4.78, 5) is 28.7. The van der Waals surface area contributed by atoms with Crippen molar-refractivity contribution < 1.29 is 22.7 Å². The number of likely N-dealkylation sites (N-methyl/N-ethyl adjacent to an activating group) is 1. The summed E-state index contributed by atoms with van der Waals surface area (Å²) in [6.45, 7) is 2.87. The molecule has 11 heteroatoms. The summed E-state index contributed by atoms with van der Waals surface area (Å²) in [5.74, 6) is -0.120. The number of hydrogen-bond donors (Lipinski definition) is 2. The number of ether oxygens (including phenoxy) is 1. The lowest BCUT2D eigenvalue weighted by Crippen LogP contribution is -2.58. The lowest BCUT2D eigenvalue weighted by molar-refractivity contribution is -0.135. The molecule has 2 N–H and O–H groups in total. The zero-order valence-electron chi connectivity index (χ0n) is 16.6. The van der Waals surface area contributed by atoms with Gasteiger partial charge in [0.25, 0.3) is 5.91 Å². The second-order valence-corrected chi connectivity index (χ2v) is 7.69. The van der Waals surface area contributed by atoms with Gasteiger partial charge in [-0.25, -0.2) is 4.79 Å². The van der Waals surface area contributed by atoms with Gasteiger partial charge in [-0.15, -0.1) is 4.36 Å². The lowest BCUT2D eigenvalue weighted by Gasteiger charge is -2.37. The van der Waals surface area contributed by atoms with E-state index in [1.54, 1.807) is 12.1 Å². The first-order chi connectivity index (χ1) is 13.8. The molecule has 3 amide bonds. The number of amides is 3. The molecule has 3 rings (SSSR count). The van der Waals surface area contributed by atoms with Crippen molar-refractivity contribution in [2.24, 2.45) is 4.36 Å². The Hall–Kier alpha value is -2.50. The molecule has 0 spiro atoms. The minimum absolute atomic E-state index is 0.180. The van der Waals surface area contributed by atoms with E-state index in [-0.39, 0.29) is 17.5 Å². The van der Waals surface area contributed by atoms with Gasteiger partial charge in [-0.1, -0.05) is 6.07 Å². The van der Waals surface area contributed by atoms with Gasteiger partial charge in [0, 0.05) is 46.2 Å². The molecule has 0 aromatic heterocycles. The molecule has 10 nitrogen and oxygen atoms in total. The molecule has 2 unspecified atom stereocenters. The molecular weight excluding hydrogens is 398 g/mol. The van der Waals surface area contributed by atoms with Gasteiger partial charge in [0.1, 0.15) is 17.0 Å². The summed E-state index contributed by atoms with van der Waals surface area (Å²) < 4.78 is 30.9. The molecule has 1 aliphatic heterocycles. The van der Waals surface area contributed by atoms with Crippen LogP contribution < -0.4 is 15.4 Å². The molecular formula is C18H25N5O5S. The van der Waals surface area contributed by atoms with Gasteiger partial charge >= 0.3 is 16.5 Å². The maximum Gasteiger partial charge on any atom is 0.323 e. The van der Waals surface area contributed by atoms with E-state index < -0.39 is 22.1 Å². The van der Waals surface area contributed by atoms with Crippen LogP contribution in [-0.4, -0.2) is 83.1 Å². The number of carbonyl (C=O) groups excluding carboxylic acids is 2. The van der Waals surface area contributed by atoms with Crippen LogP contribution in [0.2, 0.25) is 0 Å². The fourth-order valence-electron chi connectivity index (χ4n) is 4.06. The van der Waals surface area contributed by atoms with Crippen molar-refractivity contribution in [2.75, 3.05) is 47.4 Å². The summed E-state index contributed by atoms with van der Waals surface area (Å²) >= 11 is 0. The Kier molecular flexibility index (Phi) is 6.20. The Balaban J connectivity index is 2.00. The topological polar surface area (TPSA) is 120 Å². The SMILES string of the molecule is CNC(=O)N(C)C(=O)C1(N2CCNCC2)CC1c1ccc(OC)c(N=S(=O)=O)c1. The maximum atomic E-state index is 13.4. The quantitative estimate of drug-likeness (QED) is 0.700. The summed E-state index contributed by atoms with van der Waals surface area (Å²) in [6.07, 6.45) is 0.541. The predicted octanol–water partition coefficient (Wildman–Crippen LogP) is 0.319. The highest BCUT2D eigenvalue weighted by Crippen LogP contribution is 2.57. The lowest BCUT2D eigenvalue weighted by atomic mass is 10.0. The number of imide groups is 1. The van der Waals surface area contributed by atoms with Gasteiger partial charge in [0.05, 0.1) is 7.11 Å². The molecule has 1 aromatic rings. The zero-order valence-corrected chi connectivity index (χ0v) is 17.5. The van der Waals surface area contributed by atoms with Crippen LogP contribution in [0.25, 0.3) is 0 Å². The normalized spacial score (nSPS) is 23.8. The highest BCUT2D eigenvalue weighted by atomic mass is 32.2. The van der Waals surface area contributed by atoms with E-state index in [4.69, 9.17) is 4.74 Å². The first-order valence-electron chi connectivity index (χ1n) is 9.29. The zero-order chi connectivity index (χ0) is 21.2. The highest BCUT2D eigenvalue weighted by Gasteiger charge is 2.65. The number of nitrogens with one attached hydrogen (secondary N) is 2. The maximum absolute atomic E-state index is 13.4. The van der Waals surface area contributed by atoms with Crippen LogP contribution in [0, 0.1) is 0 Å². The fraction of sp³-hybridized carbons (Fsp3) is 0.556. The van der Waals surface area contributed by atoms with Crippen molar-refractivity contribution >= 4 is 28.1 Å². The monoisotopic (exact) mass is 423 g/mol. The van der Waals surface area contributed by atoms with Crippen LogP contribution in [-0.2, 0) is 15.3 Å². The Morgan fingerprint density at radius 3 is 2.62 bits per heavy atom. The van der Waals surface area contributed by atoms with Crippen molar-refractivity contribution in [1.29, 1.82) is 0 Å². The molecule has 0 radical (unpaired) electrons. The number of methoxy groups -OCH3 is 1. The van der Waals surface area contributed by atoms with E-state index in [1.807, 2.05) is 6.07 Å². The second kappa shape index (κ2) is 8.47. The minimum atomic E-state index is -2.63. The Labute approximate surface area is 170 Å². The van der Waals surface area contributed by atoms with Gasteiger partial charge in [-0.05, 0) is 24.1 Å². The molecule has 0 bridgehead atoms. The second-order valence-electron chi connectivity index (χ2n) is 7.08. The molecule has 2 fully saturated rings. The fourth-order valence-corrected chi connectivity index (χ4v) is 4.36. The van der Waals surface area contributed by atoms with Gasteiger partial charge in [-0.2, -0.15) is 8.42 Å². The smallest absolute Gasteiger partial charge is 0.323 e. The average molecular weight is 423 g/mol. The van der Waals surface area contributed by atoms with Crippen LogP contribution in [0.1, 0.15) is 17.9 Å². The molecule has 1 saturated heterocycles. The average Bonchev–Trinajstić information content (AvgIpc) is 3.49. The highest BCUT2D eigenvalue weighted by molar-refractivity contribution is 7.61. The third-order valence-corrected chi connectivity index (χ3v) is 5.93. The number of urea groups is 1. The molecule has 158 valence electrons. The molecule has 1 aliphatic carbocycles. The van der Waals surface area contributed by atoms with Gasteiger partial charge in [0.2, 0.25) is 0 Å². The van der Waals surface area contributed by atoms with E-state index in [2.05, 4.69) is 19.9 Å². The summed E-state index contributed by atoms with van der Waals surface area (Å²) in [5, 5.41) is 5.76. The standard InChI is InChI=1S/C18H25N5O5S/c1-19-17(25)22(2)16(24)18(23-8-6-20-7-9-23)11-13(18)12-4-5-15(28-3)14(10-12)21-29(26)27/h4-5,10,13,20H,6-9,11H2,1-3H3,(H,19,25). The molecule has 2 aliphatic rings. The van der Waals surface area contributed by atoms with E-state index in [9.17, 15) is 18.0 Å². The number of carbonyl (C=O) groups is 2. The first-order valence-corrected chi connectivity index (χ1v) is 10.3. The van der Waals surface area contributed by atoms with Crippen LogP contribution in [0.5, 0.6) is 5.75 Å². The minimum Gasteiger partial charge on any atom is -0.494 e. The molecule has 1 heterocycles. The number of hydrogen-bond acceptors (Lipinski definition) is 8. The molecule has 29 heavy (non-hydrogen) atoms. The van der Waals surface area contributed by atoms with Gasteiger partial charge in [-0.3, -0.25) is 14.6 Å². The van der Waals surface area contributed by atoms with E-state index in [1.165, 1.54) is 21.2 Å². The number of benzene rings is 1. The third-order valence-electron chi connectivity index (χ3n) is 5.58. The Bertz CT molecular complexity index is 936. The van der Waals surface area contributed by atoms with Crippen molar-refractivity contribution in [3.8, 4) is 5.75 Å². The van der Waals surface area contributed by atoms with Crippen molar-refractivity contribution in [1.82, 2.24) is 20.4 Å². The van der Waals surface area contributed by atoms with E-state index in [0.29, 0.717) is 25.3 Å². The van der Waals surface area contributed by atoms with Crippen LogP contribution in [0.15, 0.2) is 22.6 Å². The van der Waals surface area contributed by atoms with Crippen LogP contribution >= 0.6 is 0 Å². The van der Waals surface area contributed by atoms with Crippen molar-refractivity contribution in [3.05, 3.63) is 23.8 Å². The van der Waals surface area contributed by atoms with E-state index in [0.717, 1.165) is 23.6 Å². The van der Waals surface area contributed by atoms with Gasteiger partial charge < -0.3 is 15.4 Å². The van der Waals surface area contributed by atoms with Crippen LogP contribution in [0.4, 0.5) is 10.5 Å². The molecule has 2 atom stereocenters. The summed E-state index contributed by atoms with van der Waals surface area (Å²) in [6, 6.07) is 4.63. The predicted molar refractivity (Wildman–Crippen MR) is 106 cm³/mol. The van der Waals surface area contributed by atoms with E-state index >= 15 is 0 Å². The third kappa shape index (κ3) is 3.98. The molecule has 1 aromatic carbocycles.